The number of carbonyl (C=O) groups is 1. The van der Waals surface area contributed by atoms with Crippen LogP contribution in [-0.4, -0.2) is 35.4 Å². The van der Waals surface area contributed by atoms with Gasteiger partial charge in [0.2, 0.25) is 5.91 Å². The van der Waals surface area contributed by atoms with Crippen molar-refractivity contribution in [1.82, 2.24) is 15.2 Å². The summed E-state index contributed by atoms with van der Waals surface area (Å²) < 4.78 is 0. The molecular formula is C15H23N3O. The SMILES string of the molecule is CC1CCN(C(=O)CCNCc2ccncc2)CC1. The molecule has 19 heavy (non-hydrogen) atoms. The molecule has 1 aliphatic rings. The van der Waals surface area contributed by atoms with Crippen molar-refractivity contribution in [2.45, 2.75) is 32.7 Å². The van der Waals surface area contributed by atoms with E-state index in [9.17, 15) is 4.79 Å². The molecular weight excluding hydrogens is 238 g/mol. The maximum Gasteiger partial charge on any atom is 0.223 e. The predicted octanol–water partition coefficient (Wildman–Crippen LogP) is 1.82. The van der Waals surface area contributed by atoms with Crippen LogP contribution >= 0.6 is 0 Å². The third kappa shape index (κ3) is 4.63. The zero-order chi connectivity index (χ0) is 13.5. The Balaban J connectivity index is 1.61. The van der Waals surface area contributed by atoms with Gasteiger partial charge in [0.15, 0.2) is 0 Å². The van der Waals surface area contributed by atoms with Gasteiger partial charge in [0.25, 0.3) is 0 Å². The van der Waals surface area contributed by atoms with Gasteiger partial charge in [0.1, 0.15) is 0 Å². The molecule has 0 spiro atoms. The second-order valence-electron chi connectivity index (χ2n) is 5.35. The molecule has 1 aromatic heterocycles. The van der Waals surface area contributed by atoms with Crippen LogP contribution in [0.1, 0.15) is 31.7 Å². The molecule has 0 aromatic carbocycles. The van der Waals surface area contributed by atoms with Crippen LogP contribution in [0.5, 0.6) is 0 Å². The molecule has 0 bridgehead atoms. The van der Waals surface area contributed by atoms with Gasteiger partial charge in [-0.15, -0.1) is 0 Å². The molecule has 1 N–H and O–H groups in total. The normalized spacial score (nSPS) is 16.6. The summed E-state index contributed by atoms with van der Waals surface area (Å²) in [7, 11) is 0. The summed E-state index contributed by atoms with van der Waals surface area (Å²) in [5, 5.41) is 3.31. The Bertz CT molecular complexity index is 386. The molecule has 1 saturated heterocycles. The van der Waals surface area contributed by atoms with Crippen molar-refractivity contribution in [1.29, 1.82) is 0 Å². The molecule has 4 heteroatoms. The number of hydrogen-bond acceptors (Lipinski definition) is 3. The van der Waals surface area contributed by atoms with E-state index in [0.29, 0.717) is 6.42 Å². The van der Waals surface area contributed by atoms with E-state index in [0.717, 1.165) is 44.9 Å². The number of nitrogens with zero attached hydrogens (tertiary/aromatic N) is 2. The highest BCUT2D eigenvalue weighted by molar-refractivity contribution is 5.76. The highest BCUT2D eigenvalue weighted by Gasteiger charge is 2.19. The van der Waals surface area contributed by atoms with E-state index in [4.69, 9.17) is 0 Å². The smallest absolute Gasteiger partial charge is 0.223 e. The molecule has 0 unspecified atom stereocenters. The van der Waals surface area contributed by atoms with Gasteiger partial charge < -0.3 is 10.2 Å². The third-order valence-electron chi connectivity index (χ3n) is 3.73. The van der Waals surface area contributed by atoms with E-state index in [1.807, 2.05) is 17.0 Å². The van der Waals surface area contributed by atoms with Crippen molar-refractivity contribution in [2.75, 3.05) is 19.6 Å². The number of nitrogens with one attached hydrogen (secondary N) is 1. The van der Waals surface area contributed by atoms with E-state index >= 15 is 0 Å². The van der Waals surface area contributed by atoms with Gasteiger partial charge in [-0.3, -0.25) is 9.78 Å². The number of rotatable bonds is 5. The Kier molecular flexibility index (Phi) is 5.33. The summed E-state index contributed by atoms with van der Waals surface area (Å²) in [5.74, 6) is 1.06. The fourth-order valence-corrected chi connectivity index (χ4v) is 2.34. The molecule has 0 radical (unpaired) electrons. The Morgan fingerprint density at radius 2 is 2.05 bits per heavy atom. The minimum Gasteiger partial charge on any atom is -0.343 e. The monoisotopic (exact) mass is 261 g/mol. The van der Waals surface area contributed by atoms with Crippen molar-refractivity contribution in [3.8, 4) is 0 Å². The van der Waals surface area contributed by atoms with Gasteiger partial charge in [-0.05, 0) is 36.5 Å². The largest absolute Gasteiger partial charge is 0.343 e. The summed E-state index contributed by atoms with van der Waals surface area (Å²) in [6.07, 6.45) is 6.47. The second-order valence-corrected chi connectivity index (χ2v) is 5.35. The van der Waals surface area contributed by atoms with E-state index in [-0.39, 0.29) is 5.91 Å². The molecule has 0 aliphatic carbocycles. The number of piperidine rings is 1. The molecule has 1 aromatic rings. The summed E-state index contributed by atoms with van der Waals surface area (Å²) in [6, 6.07) is 3.97. The standard InChI is InChI=1S/C15H23N3O/c1-13-5-10-18(11-6-13)15(19)4-9-17-12-14-2-7-16-8-3-14/h2-3,7-8,13,17H,4-6,9-12H2,1H3. The summed E-state index contributed by atoms with van der Waals surface area (Å²) in [4.78, 5) is 18.0. The van der Waals surface area contributed by atoms with Gasteiger partial charge in [-0.1, -0.05) is 6.92 Å². The zero-order valence-corrected chi connectivity index (χ0v) is 11.6. The lowest BCUT2D eigenvalue weighted by Gasteiger charge is -2.30. The van der Waals surface area contributed by atoms with E-state index in [2.05, 4.69) is 17.2 Å². The van der Waals surface area contributed by atoms with Crippen LogP contribution in [-0.2, 0) is 11.3 Å². The molecule has 2 rings (SSSR count). The third-order valence-corrected chi connectivity index (χ3v) is 3.73. The summed E-state index contributed by atoms with van der Waals surface area (Å²) in [5.41, 5.74) is 1.20. The zero-order valence-electron chi connectivity index (χ0n) is 11.6. The Morgan fingerprint density at radius 3 is 2.74 bits per heavy atom. The van der Waals surface area contributed by atoms with Gasteiger partial charge >= 0.3 is 0 Å². The van der Waals surface area contributed by atoms with E-state index in [1.165, 1.54) is 5.56 Å². The second kappa shape index (κ2) is 7.24. The van der Waals surface area contributed by atoms with Gasteiger partial charge in [-0.2, -0.15) is 0 Å². The van der Waals surface area contributed by atoms with Gasteiger partial charge in [0, 0.05) is 45.0 Å². The van der Waals surface area contributed by atoms with Crippen molar-refractivity contribution in [3.63, 3.8) is 0 Å². The van der Waals surface area contributed by atoms with Crippen molar-refractivity contribution < 1.29 is 4.79 Å². The van der Waals surface area contributed by atoms with E-state index in [1.54, 1.807) is 12.4 Å². The summed E-state index contributed by atoms with van der Waals surface area (Å²) in [6.45, 7) is 5.67. The van der Waals surface area contributed by atoms with Crippen LogP contribution in [0.25, 0.3) is 0 Å². The molecule has 1 fully saturated rings. The summed E-state index contributed by atoms with van der Waals surface area (Å²) >= 11 is 0. The lowest BCUT2D eigenvalue weighted by molar-refractivity contribution is -0.132. The van der Waals surface area contributed by atoms with Crippen LogP contribution < -0.4 is 5.32 Å². The van der Waals surface area contributed by atoms with Gasteiger partial charge in [0.05, 0.1) is 0 Å². The highest BCUT2D eigenvalue weighted by atomic mass is 16.2. The van der Waals surface area contributed by atoms with E-state index < -0.39 is 0 Å². The maximum atomic E-state index is 12.0. The Labute approximate surface area is 115 Å². The first kappa shape index (κ1) is 14.0. The van der Waals surface area contributed by atoms with Crippen LogP contribution in [0.3, 0.4) is 0 Å². The minimum absolute atomic E-state index is 0.286. The lowest BCUT2D eigenvalue weighted by Crippen LogP contribution is -2.39. The molecule has 2 heterocycles. The quantitative estimate of drug-likeness (QED) is 0.822. The van der Waals surface area contributed by atoms with Crippen LogP contribution in [0.15, 0.2) is 24.5 Å². The molecule has 0 saturated carbocycles. The number of likely N-dealkylation sites (tertiary alicyclic amines) is 1. The first-order valence-electron chi connectivity index (χ1n) is 7.13. The Morgan fingerprint density at radius 1 is 1.37 bits per heavy atom. The Hall–Kier alpha value is -1.42. The topological polar surface area (TPSA) is 45.2 Å². The fourth-order valence-electron chi connectivity index (χ4n) is 2.34. The maximum absolute atomic E-state index is 12.0. The number of hydrogen-bond donors (Lipinski definition) is 1. The van der Waals surface area contributed by atoms with Crippen LogP contribution in [0.4, 0.5) is 0 Å². The minimum atomic E-state index is 0.286. The highest BCUT2D eigenvalue weighted by Crippen LogP contribution is 2.16. The lowest BCUT2D eigenvalue weighted by atomic mass is 9.99. The molecule has 1 amide bonds. The number of carbonyl (C=O) groups excluding carboxylic acids is 1. The first-order valence-corrected chi connectivity index (χ1v) is 7.13. The first-order chi connectivity index (χ1) is 9.25. The average molecular weight is 261 g/mol. The average Bonchev–Trinajstić information content (AvgIpc) is 2.45. The molecule has 1 aliphatic heterocycles. The number of amides is 1. The van der Waals surface area contributed by atoms with Crippen LogP contribution in [0.2, 0.25) is 0 Å². The van der Waals surface area contributed by atoms with Crippen molar-refractivity contribution in [3.05, 3.63) is 30.1 Å². The predicted molar refractivity (Wildman–Crippen MR) is 75.5 cm³/mol. The number of pyridine rings is 1. The fraction of sp³-hybridized carbons (Fsp3) is 0.600. The van der Waals surface area contributed by atoms with Crippen molar-refractivity contribution in [2.24, 2.45) is 5.92 Å². The van der Waals surface area contributed by atoms with Gasteiger partial charge in [-0.25, -0.2) is 0 Å². The van der Waals surface area contributed by atoms with Crippen molar-refractivity contribution >= 4 is 5.91 Å². The number of aromatic nitrogens is 1. The molecule has 0 atom stereocenters. The molecule has 104 valence electrons. The molecule has 4 nitrogen and oxygen atoms in total. The van der Waals surface area contributed by atoms with Crippen LogP contribution in [0, 0.1) is 5.92 Å².